The molecular weight excluding hydrogens is 302 g/mol. The van der Waals surface area contributed by atoms with Gasteiger partial charge in [-0.3, -0.25) is 16.0 Å². The van der Waals surface area contributed by atoms with Crippen LogP contribution in [0.4, 0.5) is 17.4 Å². The summed E-state index contributed by atoms with van der Waals surface area (Å²) in [5.41, 5.74) is 2.25. The predicted molar refractivity (Wildman–Crippen MR) is 73.0 cm³/mol. The molecule has 1 aromatic heterocycles. The molecular formula is C10H11N5O5S. The third kappa shape index (κ3) is 3.09. The van der Waals surface area contributed by atoms with Crippen molar-refractivity contribution in [1.29, 1.82) is 0 Å². The molecule has 0 saturated carbocycles. The van der Waals surface area contributed by atoms with Gasteiger partial charge in [-0.15, -0.1) is 0 Å². The third-order valence-corrected chi connectivity index (χ3v) is 3.82. The Morgan fingerprint density at radius 3 is 2.67 bits per heavy atom. The maximum atomic E-state index is 12.2. The molecule has 0 amide bonds. The van der Waals surface area contributed by atoms with Gasteiger partial charge in [-0.05, 0) is 13.0 Å². The lowest BCUT2D eigenvalue weighted by molar-refractivity contribution is -0.385. The van der Waals surface area contributed by atoms with Gasteiger partial charge in [0.1, 0.15) is 11.2 Å². The number of benzene rings is 1. The number of nitro groups is 1. The van der Waals surface area contributed by atoms with E-state index in [0.29, 0.717) is 5.69 Å². The number of anilines is 2. The molecule has 0 aliphatic rings. The fraction of sp³-hybridized carbons (Fsp3) is 0.100. The summed E-state index contributed by atoms with van der Waals surface area (Å²) in [4.78, 5) is 13.4. The largest absolute Gasteiger partial charge is 0.431 e. The van der Waals surface area contributed by atoms with E-state index in [2.05, 4.69) is 15.1 Å². The topological polar surface area (TPSA) is 153 Å². The van der Waals surface area contributed by atoms with Crippen molar-refractivity contribution >= 4 is 27.4 Å². The number of hydrogen-bond acceptors (Lipinski definition) is 8. The van der Waals surface area contributed by atoms with Crippen LogP contribution in [0.1, 0.15) is 5.69 Å². The molecule has 1 aromatic carbocycles. The number of nitrogens with one attached hydrogen (secondary N) is 2. The molecule has 21 heavy (non-hydrogen) atoms. The van der Waals surface area contributed by atoms with Gasteiger partial charge in [0.2, 0.25) is 0 Å². The van der Waals surface area contributed by atoms with E-state index in [-0.39, 0.29) is 11.7 Å². The van der Waals surface area contributed by atoms with Crippen molar-refractivity contribution in [3.05, 3.63) is 40.3 Å². The van der Waals surface area contributed by atoms with Crippen LogP contribution in [0.5, 0.6) is 0 Å². The molecule has 0 spiro atoms. The first-order valence-corrected chi connectivity index (χ1v) is 7.02. The monoisotopic (exact) mass is 313 g/mol. The van der Waals surface area contributed by atoms with E-state index in [4.69, 9.17) is 10.3 Å². The summed E-state index contributed by atoms with van der Waals surface area (Å²) in [5, 5.41) is 10.7. The maximum absolute atomic E-state index is 12.2. The maximum Gasteiger partial charge on any atom is 0.309 e. The van der Waals surface area contributed by atoms with Crippen LogP contribution >= 0.6 is 0 Å². The van der Waals surface area contributed by atoms with Gasteiger partial charge in [-0.1, -0.05) is 0 Å². The number of rotatable bonds is 5. The molecule has 0 saturated heterocycles. The van der Waals surface area contributed by atoms with Gasteiger partial charge >= 0.3 is 6.01 Å². The quantitative estimate of drug-likeness (QED) is 0.419. The number of nitro benzene ring substituents is 1. The number of hydrogen-bond donors (Lipinski definition) is 3. The summed E-state index contributed by atoms with van der Waals surface area (Å²) in [6.07, 6.45) is 1.26. The van der Waals surface area contributed by atoms with Crippen molar-refractivity contribution in [2.75, 3.05) is 10.1 Å². The first kappa shape index (κ1) is 14.7. The Hall–Kier alpha value is -2.66. The zero-order valence-corrected chi connectivity index (χ0v) is 11.5. The van der Waals surface area contributed by atoms with Crippen LogP contribution in [0, 0.1) is 17.0 Å². The van der Waals surface area contributed by atoms with Crippen LogP contribution in [0.25, 0.3) is 0 Å². The van der Waals surface area contributed by atoms with Crippen molar-refractivity contribution in [1.82, 2.24) is 4.98 Å². The van der Waals surface area contributed by atoms with Crippen LogP contribution in [0.15, 0.2) is 33.8 Å². The number of nitrogen functional groups attached to an aromatic ring is 1. The fourth-order valence-corrected chi connectivity index (χ4v) is 2.66. The number of aromatic nitrogens is 1. The number of non-ortho nitro benzene ring substituents is 1. The standard InChI is InChI=1S/C10H11N5O5S/c1-6-5-20-10(12-6)14-21(18,19)9-4-7(15(16)17)2-3-8(9)13-11/h2-5,13H,11H2,1H3,(H,12,14). The predicted octanol–water partition coefficient (Wildman–Crippen LogP) is 0.978. The van der Waals surface area contributed by atoms with E-state index in [1.165, 1.54) is 12.3 Å². The smallest absolute Gasteiger partial charge is 0.309 e. The summed E-state index contributed by atoms with van der Waals surface area (Å²) >= 11 is 0. The summed E-state index contributed by atoms with van der Waals surface area (Å²) in [6.45, 7) is 1.61. The van der Waals surface area contributed by atoms with Crippen LogP contribution in [0.3, 0.4) is 0 Å². The molecule has 2 aromatic rings. The molecule has 0 aliphatic carbocycles. The van der Waals surface area contributed by atoms with Gasteiger partial charge in [-0.2, -0.15) is 4.98 Å². The molecule has 10 nitrogen and oxygen atoms in total. The number of aryl methyl sites for hydroxylation is 1. The molecule has 1 heterocycles. The Bertz CT molecular complexity index is 785. The molecule has 11 heteroatoms. The number of nitrogens with two attached hydrogens (primary N) is 1. The summed E-state index contributed by atoms with van der Waals surface area (Å²) < 4.78 is 31.4. The van der Waals surface area contributed by atoms with E-state index in [1.807, 2.05) is 0 Å². The minimum absolute atomic E-state index is 0.00335. The van der Waals surface area contributed by atoms with E-state index in [1.54, 1.807) is 6.92 Å². The van der Waals surface area contributed by atoms with Crippen molar-refractivity contribution in [2.24, 2.45) is 5.84 Å². The Balaban J connectivity index is 2.47. The molecule has 0 radical (unpaired) electrons. The Kier molecular flexibility index (Phi) is 3.78. The third-order valence-electron chi connectivity index (χ3n) is 2.46. The van der Waals surface area contributed by atoms with Crippen molar-refractivity contribution in [2.45, 2.75) is 11.8 Å². The van der Waals surface area contributed by atoms with Gasteiger partial charge in [0.15, 0.2) is 0 Å². The first-order valence-electron chi connectivity index (χ1n) is 5.53. The Morgan fingerprint density at radius 1 is 1.43 bits per heavy atom. The highest BCUT2D eigenvalue weighted by molar-refractivity contribution is 7.92. The summed E-state index contributed by atoms with van der Waals surface area (Å²) in [6, 6.07) is 2.95. The first-order chi connectivity index (χ1) is 9.83. The highest BCUT2D eigenvalue weighted by atomic mass is 32.2. The second-order valence-corrected chi connectivity index (χ2v) is 5.63. The SMILES string of the molecule is Cc1coc(NS(=O)(=O)c2cc([N+](=O)[O-])ccc2NN)n1. The van der Waals surface area contributed by atoms with Gasteiger partial charge in [0.25, 0.3) is 15.7 Å². The molecule has 4 N–H and O–H groups in total. The molecule has 112 valence electrons. The van der Waals surface area contributed by atoms with Gasteiger partial charge < -0.3 is 9.84 Å². The number of nitrogens with zero attached hydrogens (tertiary/aromatic N) is 2. The summed E-state index contributed by atoms with van der Waals surface area (Å²) in [7, 11) is -4.15. The zero-order valence-electron chi connectivity index (χ0n) is 10.7. The minimum Gasteiger partial charge on any atom is -0.431 e. The number of oxazole rings is 1. The lowest BCUT2D eigenvalue weighted by Crippen LogP contribution is -2.18. The van der Waals surface area contributed by atoms with Crippen LogP contribution in [-0.2, 0) is 10.0 Å². The van der Waals surface area contributed by atoms with Gasteiger partial charge in [0.05, 0.1) is 16.3 Å². The normalized spacial score (nSPS) is 11.1. The van der Waals surface area contributed by atoms with E-state index in [0.717, 1.165) is 12.1 Å². The molecule has 0 unspecified atom stereocenters. The van der Waals surface area contributed by atoms with E-state index >= 15 is 0 Å². The Morgan fingerprint density at radius 2 is 2.14 bits per heavy atom. The van der Waals surface area contributed by atoms with E-state index < -0.39 is 25.5 Å². The highest BCUT2D eigenvalue weighted by Crippen LogP contribution is 2.27. The molecule has 0 bridgehead atoms. The minimum atomic E-state index is -4.15. The molecule has 0 atom stereocenters. The lowest BCUT2D eigenvalue weighted by atomic mass is 10.3. The van der Waals surface area contributed by atoms with Gasteiger partial charge in [0, 0.05) is 12.1 Å². The fourth-order valence-electron chi connectivity index (χ4n) is 1.54. The van der Waals surface area contributed by atoms with Gasteiger partial charge in [-0.25, -0.2) is 13.1 Å². The second-order valence-electron chi connectivity index (χ2n) is 3.98. The van der Waals surface area contributed by atoms with Crippen LogP contribution in [0.2, 0.25) is 0 Å². The van der Waals surface area contributed by atoms with E-state index in [9.17, 15) is 18.5 Å². The zero-order chi connectivity index (χ0) is 15.6. The summed E-state index contributed by atoms with van der Waals surface area (Å²) in [5.74, 6) is 5.22. The highest BCUT2D eigenvalue weighted by Gasteiger charge is 2.23. The van der Waals surface area contributed by atoms with Crippen LogP contribution < -0.4 is 16.0 Å². The molecule has 2 rings (SSSR count). The van der Waals surface area contributed by atoms with Crippen molar-refractivity contribution in [3.8, 4) is 0 Å². The molecule has 0 fully saturated rings. The Labute approximate surface area is 119 Å². The second kappa shape index (κ2) is 5.38. The number of sulfonamides is 1. The average molecular weight is 313 g/mol. The van der Waals surface area contributed by atoms with Crippen molar-refractivity contribution in [3.63, 3.8) is 0 Å². The number of hydrazine groups is 1. The lowest BCUT2D eigenvalue weighted by Gasteiger charge is -2.09. The average Bonchev–Trinajstić information content (AvgIpc) is 2.82. The van der Waals surface area contributed by atoms with Crippen molar-refractivity contribution < 1.29 is 17.8 Å². The van der Waals surface area contributed by atoms with Crippen LogP contribution in [-0.4, -0.2) is 18.3 Å². The molecule has 0 aliphatic heterocycles.